The second kappa shape index (κ2) is 24.6. The van der Waals surface area contributed by atoms with Crippen molar-refractivity contribution in [1.29, 1.82) is 0 Å². The molecular weight excluding hydrogens is 957 g/mol. The van der Waals surface area contributed by atoms with Crippen LogP contribution in [-0.2, 0) is 38.4 Å². The number of benzene rings is 2. The van der Waals surface area contributed by atoms with Crippen molar-refractivity contribution in [3.8, 4) is 23.7 Å². The van der Waals surface area contributed by atoms with Crippen molar-refractivity contribution < 1.29 is 38.4 Å². The molecule has 4 aliphatic rings. The van der Waals surface area contributed by atoms with Crippen LogP contribution >= 0.6 is 23.5 Å². The maximum absolute atomic E-state index is 14.4. The van der Waals surface area contributed by atoms with E-state index in [0.29, 0.717) is 48.3 Å². The molecule has 4 fully saturated rings. The Labute approximate surface area is 431 Å². The van der Waals surface area contributed by atoms with E-state index in [1.54, 1.807) is 122 Å². The number of amides is 8. The number of likely N-dealkylation sites (N-methyl/N-ethyl adjacent to an activating group) is 2. The number of rotatable bonds is 16. The summed E-state index contributed by atoms with van der Waals surface area (Å²) in [5.41, 5.74) is -0.263. The summed E-state index contributed by atoms with van der Waals surface area (Å²) in [4.78, 5) is 113. The summed E-state index contributed by atoms with van der Waals surface area (Å²) in [5.74, 6) is 8.80. The monoisotopic (exact) mass is 1020 g/mol. The Morgan fingerprint density at radius 1 is 0.597 bits per heavy atom. The van der Waals surface area contributed by atoms with Crippen molar-refractivity contribution >= 4 is 70.8 Å². The average Bonchev–Trinajstić information content (AvgIpc) is 3.68. The zero-order valence-electron chi connectivity index (χ0n) is 42.2. The molecule has 72 heavy (non-hydrogen) atoms. The van der Waals surface area contributed by atoms with E-state index in [-0.39, 0.29) is 47.5 Å². The van der Waals surface area contributed by atoms with E-state index >= 15 is 0 Å². The number of carbonyl (C=O) groups excluding carboxylic acids is 8. The van der Waals surface area contributed by atoms with E-state index < -0.39 is 82.8 Å². The first-order chi connectivity index (χ1) is 34.3. The molecule has 0 spiro atoms. The van der Waals surface area contributed by atoms with Gasteiger partial charge in [-0.05, 0) is 98.9 Å². The topological polar surface area (TPSA) is 239 Å². The van der Waals surface area contributed by atoms with Crippen LogP contribution in [0.5, 0.6) is 0 Å². The first kappa shape index (κ1) is 55.3. The summed E-state index contributed by atoms with van der Waals surface area (Å²) in [6.07, 6.45) is 1.93. The molecule has 0 saturated carbocycles. The molecule has 0 aliphatic carbocycles. The van der Waals surface area contributed by atoms with Crippen LogP contribution in [0.2, 0.25) is 0 Å². The van der Waals surface area contributed by atoms with Gasteiger partial charge in [-0.15, -0.1) is 23.5 Å². The first-order valence-electron chi connectivity index (χ1n) is 24.3. The molecule has 4 heterocycles. The molecule has 8 N–H and O–H groups in total. The minimum absolute atomic E-state index is 0.121. The minimum atomic E-state index is -1.13. The predicted octanol–water partition coefficient (Wildman–Crippen LogP) is 1.31. The van der Waals surface area contributed by atoms with Crippen LogP contribution in [0.1, 0.15) is 90.4 Å². The summed E-state index contributed by atoms with van der Waals surface area (Å²) >= 11 is 3.15. The predicted molar refractivity (Wildman–Crippen MR) is 277 cm³/mol. The third kappa shape index (κ3) is 13.1. The Hall–Kier alpha value is -6.06. The average molecular weight is 1030 g/mol. The number of hydrogen-bond acceptors (Lipinski definition) is 12. The molecule has 20 heteroatoms. The highest BCUT2D eigenvalue weighted by Crippen LogP contribution is 2.48. The van der Waals surface area contributed by atoms with Crippen molar-refractivity contribution in [2.24, 2.45) is 10.8 Å². The summed E-state index contributed by atoms with van der Waals surface area (Å²) in [6.45, 7) is 10.9. The number of thioether (sulfide) groups is 2. The molecule has 8 amide bonds. The molecule has 18 nitrogen and oxygen atoms in total. The maximum Gasteiger partial charge on any atom is 0.247 e. The van der Waals surface area contributed by atoms with Crippen LogP contribution in [0.25, 0.3) is 0 Å². The molecule has 6 rings (SSSR count). The van der Waals surface area contributed by atoms with Gasteiger partial charge in [-0.25, -0.2) is 0 Å². The number of carbonyl (C=O) groups is 8. The minimum Gasteiger partial charge on any atom is -0.343 e. The van der Waals surface area contributed by atoms with Crippen molar-refractivity contribution in [1.82, 2.24) is 52.3 Å². The van der Waals surface area contributed by atoms with Gasteiger partial charge in [0.15, 0.2) is 0 Å². The zero-order chi connectivity index (χ0) is 52.3. The molecule has 0 radical (unpaired) electrons. The van der Waals surface area contributed by atoms with Crippen LogP contribution in [0.4, 0.5) is 0 Å². The number of hydrogen-bond donors (Lipinski definition) is 8. The van der Waals surface area contributed by atoms with Crippen LogP contribution in [-0.4, -0.2) is 143 Å². The molecule has 2 aromatic rings. The van der Waals surface area contributed by atoms with Crippen LogP contribution in [0, 0.1) is 34.5 Å². The van der Waals surface area contributed by atoms with Crippen molar-refractivity contribution in [3.63, 3.8) is 0 Å². The Bertz CT molecular complexity index is 2300. The van der Waals surface area contributed by atoms with Gasteiger partial charge in [0, 0.05) is 0 Å². The Balaban J connectivity index is 1.08. The van der Waals surface area contributed by atoms with Crippen molar-refractivity contribution in [2.45, 2.75) is 126 Å². The Morgan fingerprint density at radius 2 is 0.958 bits per heavy atom. The Kier molecular flexibility index (Phi) is 18.9. The first-order valence-corrected chi connectivity index (χ1v) is 26.4. The van der Waals surface area contributed by atoms with Gasteiger partial charge >= 0.3 is 0 Å². The summed E-state index contributed by atoms with van der Waals surface area (Å²) in [6, 6.07) is 10.8. The van der Waals surface area contributed by atoms with Gasteiger partial charge in [-0.2, -0.15) is 0 Å². The SMILES string of the molecule is CN[C@@H](C)C(=O)N[C@H]1CCS[C@H]2CC(C)(C)[C@@H](C(=O)N[C@H](C(=O)NCC#CC#CCNC(=O)[C@@H](NC(=O)[C@H]3N4C(=O)[C@@H](NC(=O)[C@H](C)NC)CCS[C@H]4CC3(C)C)c3ccccc3)c3ccccc3)N2C1=O. The smallest absolute Gasteiger partial charge is 0.247 e. The lowest BCUT2D eigenvalue weighted by Gasteiger charge is -2.35. The van der Waals surface area contributed by atoms with Gasteiger partial charge in [0.2, 0.25) is 47.3 Å². The third-order valence-electron chi connectivity index (χ3n) is 13.7. The second-order valence-corrected chi connectivity index (χ2v) is 22.4. The van der Waals surface area contributed by atoms with Gasteiger partial charge in [0.05, 0.1) is 35.9 Å². The van der Waals surface area contributed by atoms with Gasteiger partial charge in [0.25, 0.3) is 0 Å². The molecule has 0 aromatic heterocycles. The molecule has 0 unspecified atom stereocenters. The summed E-state index contributed by atoms with van der Waals surface area (Å²) in [7, 11) is 3.32. The lowest BCUT2D eigenvalue weighted by atomic mass is 9.83. The second-order valence-electron chi connectivity index (χ2n) is 19.8. The lowest BCUT2D eigenvalue weighted by molar-refractivity contribution is -0.144. The largest absolute Gasteiger partial charge is 0.343 e. The van der Waals surface area contributed by atoms with Crippen LogP contribution in [0.3, 0.4) is 0 Å². The quantitative estimate of drug-likeness (QED) is 0.111. The molecule has 386 valence electrons. The van der Waals surface area contributed by atoms with E-state index in [9.17, 15) is 38.4 Å². The normalized spacial score (nSPS) is 24.6. The Morgan fingerprint density at radius 3 is 1.31 bits per heavy atom. The van der Waals surface area contributed by atoms with Gasteiger partial charge < -0.3 is 52.3 Å². The molecule has 10 atom stereocenters. The highest BCUT2D eigenvalue weighted by Gasteiger charge is 2.56. The van der Waals surface area contributed by atoms with Crippen molar-refractivity contribution in [2.75, 3.05) is 38.7 Å². The van der Waals surface area contributed by atoms with Gasteiger partial charge in [0.1, 0.15) is 36.3 Å². The number of nitrogens with one attached hydrogen (secondary N) is 8. The van der Waals surface area contributed by atoms with Crippen LogP contribution in [0.15, 0.2) is 60.7 Å². The fraction of sp³-hybridized carbons (Fsp3) is 0.538. The standard InChI is InChI=1S/C52H68N10O8S2/c1-31(53-7)43(63)57-35-23-27-71-37-29-51(3,4)41(61(37)49(35)69)47(67)59-39(33-19-13-11-14-20-33)45(65)55-25-17-9-10-18-26-56-46(66)40(34-21-15-12-16-22-34)60-48(68)42-52(5,6)30-38-62(42)50(70)36(24-28-72-38)58-44(64)32(2)54-8/h11-16,19-22,31-32,35-42,53-54H,23-30H2,1-8H3,(H,55,65)(H,56,66)(H,57,63)(H,58,64)(H,59,67)(H,60,68)/t31-,32-,35-,36-,37-,38-,39-,40-,41+,42+/m0/s1. The highest BCUT2D eigenvalue weighted by atomic mass is 32.2. The van der Waals surface area contributed by atoms with Gasteiger partial charge in [-0.1, -0.05) is 100 Å². The zero-order valence-corrected chi connectivity index (χ0v) is 43.8. The fourth-order valence-corrected chi connectivity index (χ4v) is 12.7. The molecule has 4 aliphatic heterocycles. The fourth-order valence-electron chi connectivity index (χ4n) is 9.54. The summed E-state index contributed by atoms with van der Waals surface area (Å²) in [5, 5.41) is 22.3. The maximum atomic E-state index is 14.4. The van der Waals surface area contributed by atoms with E-state index in [1.165, 1.54) is 0 Å². The highest BCUT2D eigenvalue weighted by molar-refractivity contribution is 8.00. The molecule has 4 saturated heterocycles. The van der Waals surface area contributed by atoms with E-state index in [1.807, 2.05) is 27.7 Å². The third-order valence-corrected chi connectivity index (χ3v) is 16.2. The van der Waals surface area contributed by atoms with Crippen LogP contribution < -0.4 is 42.5 Å². The molecular formula is C52H68N10O8S2. The molecule has 2 aromatic carbocycles. The summed E-state index contributed by atoms with van der Waals surface area (Å²) < 4.78 is 0. The lowest BCUT2D eigenvalue weighted by Crippen LogP contribution is -2.58. The van der Waals surface area contributed by atoms with Crippen molar-refractivity contribution in [3.05, 3.63) is 71.8 Å². The van der Waals surface area contributed by atoms with E-state index in [2.05, 4.69) is 66.2 Å². The number of fused-ring (bicyclic) bond motifs is 2. The molecule has 0 bridgehead atoms. The number of nitrogens with zero attached hydrogens (tertiary/aromatic N) is 2. The van der Waals surface area contributed by atoms with E-state index in [4.69, 9.17) is 0 Å². The van der Waals surface area contributed by atoms with Gasteiger partial charge in [-0.3, -0.25) is 38.4 Å². The van der Waals surface area contributed by atoms with E-state index in [0.717, 1.165) is 0 Å².